The smallest absolute Gasteiger partial charge is 0.256 e. The molecular weight excluding hydrogens is 216 g/mol. The Morgan fingerprint density at radius 3 is 2.76 bits per heavy atom. The lowest BCUT2D eigenvalue weighted by Gasteiger charge is -2.05. The summed E-state index contributed by atoms with van der Waals surface area (Å²) in [5.74, 6) is 0.247. The highest BCUT2D eigenvalue weighted by atomic mass is 16.4. The normalized spacial score (nSPS) is 10.7. The monoisotopic (exact) mass is 238 g/mol. The summed E-state index contributed by atoms with van der Waals surface area (Å²) in [6, 6.07) is 0. The van der Waals surface area contributed by atoms with Gasteiger partial charge in [0.1, 0.15) is 12.4 Å². The van der Waals surface area contributed by atoms with Crippen molar-refractivity contribution in [1.29, 1.82) is 0 Å². The van der Waals surface area contributed by atoms with Crippen LogP contribution in [0.15, 0.2) is 12.4 Å². The fourth-order valence-corrected chi connectivity index (χ4v) is 1.98. The molecule has 1 rings (SSSR count). The van der Waals surface area contributed by atoms with E-state index in [0.717, 1.165) is 32.2 Å². The molecule has 0 bridgehead atoms. The number of unbranched alkanes of at least 4 members (excludes halogenated alkanes) is 1. The summed E-state index contributed by atoms with van der Waals surface area (Å²) in [5.41, 5.74) is 0. The van der Waals surface area contributed by atoms with Gasteiger partial charge < -0.3 is 9.90 Å². The van der Waals surface area contributed by atoms with Crippen molar-refractivity contribution in [2.24, 2.45) is 0 Å². The molecule has 96 valence electrons. The summed E-state index contributed by atoms with van der Waals surface area (Å²) < 4.78 is 4.27. The van der Waals surface area contributed by atoms with Crippen molar-refractivity contribution in [3.63, 3.8) is 0 Å². The molecular formula is C13H22N2O2. The highest BCUT2D eigenvalue weighted by molar-refractivity contribution is 5.64. The first-order valence-corrected chi connectivity index (χ1v) is 6.46. The first kappa shape index (κ1) is 13.7. The van der Waals surface area contributed by atoms with Crippen LogP contribution in [-0.4, -0.2) is 10.5 Å². The number of imidazole rings is 1. The Morgan fingerprint density at radius 2 is 2.18 bits per heavy atom. The molecule has 0 aliphatic carbocycles. The van der Waals surface area contributed by atoms with E-state index < -0.39 is 5.97 Å². The number of rotatable bonds is 8. The molecule has 0 amide bonds. The highest BCUT2D eigenvalue weighted by Gasteiger charge is 2.15. The number of aromatic nitrogens is 2. The first-order valence-electron chi connectivity index (χ1n) is 6.46. The largest absolute Gasteiger partial charge is 0.550 e. The molecule has 0 radical (unpaired) electrons. The molecule has 1 aromatic rings. The molecule has 1 aromatic heterocycles. The van der Waals surface area contributed by atoms with Gasteiger partial charge in [0.05, 0.1) is 13.1 Å². The molecule has 0 aliphatic rings. The van der Waals surface area contributed by atoms with E-state index >= 15 is 0 Å². The van der Waals surface area contributed by atoms with Crippen LogP contribution < -0.4 is 9.67 Å². The quantitative estimate of drug-likeness (QED) is 0.625. The summed E-state index contributed by atoms with van der Waals surface area (Å²) in [6.45, 7) is 5.82. The van der Waals surface area contributed by atoms with E-state index in [2.05, 4.69) is 18.4 Å². The summed E-state index contributed by atoms with van der Waals surface area (Å²) in [4.78, 5) is 10.5. The maximum Gasteiger partial charge on any atom is 0.256 e. The van der Waals surface area contributed by atoms with E-state index in [1.807, 2.05) is 17.0 Å². The lowest BCUT2D eigenvalue weighted by molar-refractivity contribution is -0.703. The third-order valence-electron chi connectivity index (χ3n) is 2.86. The highest BCUT2D eigenvalue weighted by Crippen LogP contribution is 2.03. The number of carboxylic acid groups (broad SMARTS) is 1. The second kappa shape index (κ2) is 7.09. The van der Waals surface area contributed by atoms with E-state index in [4.69, 9.17) is 0 Å². The number of aliphatic carboxylic acids is 1. The van der Waals surface area contributed by atoms with Gasteiger partial charge in [-0.2, -0.15) is 0 Å². The Labute approximate surface area is 103 Å². The Balaban J connectivity index is 2.75. The lowest BCUT2D eigenvalue weighted by atomic mass is 10.2. The number of carboxylic acids is 1. The van der Waals surface area contributed by atoms with Gasteiger partial charge in [0.25, 0.3) is 5.82 Å². The second-order valence-electron chi connectivity index (χ2n) is 4.33. The SMILES string of the molecule is CCCCc1n(CCC(=O)[O-])cc[n+]1CCC. The summed E-state index contributed by atoms with van der Waals surface area (Å²) in [5, 5.41) is 10.5. The minimum Gasteiger partial charge on any atom is -0.550 e. The number of hydrogen-bond donors (Lipinski definition) is 0. The molecule has 0 fully saturated rings. The maximum absolute atomic E-state index is 10.5. The van der Waals surface area contributed by atoms with E-state index in [1.54, 1.807) is 0 Å². The van der Waals surface area contributed by atoms with Crippen LogP contribution in [0.5, 0.6) is 0 Å². The van der Waals surface area contributed by atoms with Crippen LogP contribution in [0.2, 0.25) is 0 Å². The van der Waals surface area contributed by atoms with Gasteiger partial charge in [-0.25, -0.2) is 9.13 Å². The van der Waals surface area contributed by atoms with Crippen LogP contribution >= 0.6 is 0 Å². The van der Waals surface area contributed by atoms with E-state index in [-0.39, 0.29) is 6.42 Å². The Kier molecular flexibility index (Phi) is 5.73. The van der Waals surface area contributed by atoms with Gasteiger partial charge in [0, 0.05) is 18.8 Å². The zero-order chi connectivity index (χ0) is 12.7. The average Bonchev–Trinajstić information content (AvgIpc) is 2.67. The molecule has 0 aromatic carbocycles. The Bertz CT molecular complexity index is 358. The van der Waals surface area contributed by atoms with Crippen LogP contribution in [0.1, 0.15) is 45.4 Å². The average molecular weight is 238 g/mol. The van der Waals surface area contributed by atoms with Crippen molar-refractivity contribution < 1.29 is 14.5 Å². The number of aryl methyl sites for hydroxylation is 2. The van der Waals surface area contributed by atoms with Crippen LogP contribution in [0.25, 0.3) is 0 Å². The van der Waals surface area contributed by atoms with Crippen molar-refractivity contribution in [2.45, 2.75) is 59.0 Å². The summed E-state index contributed by atoms with van der Waals surface area (Å²) in [7, 11) is 0. The number of carbonyl (C=O) groups excluding carboxylic acids is 1. The summed E-state index contributed by atoms with van der Waals surface area (Å²) in [6.07, 6.45) is 8.50. The molecule has 0 spiro atoms. The van der Waals surface area contributed by atoms with Crippen LogP contribution in [0, 0.1) is 0 Å². The van der Waals surface area contributed by atoms with Crippen LogP contribution in [0.3, 0.4) is 0 Å². The number of hydrogen-bond acceptors (Lipinski definition) is 2. The van der Waals surface area contributed by atoms with Crippen molar-refractivity contribution in [1.82, 2.24) is 4.57 Å². The van der Waals surface area contributed by atoms with Gasteiger partial charge in [-0.1, -0.05) is 20.3 Å². The van der Waals surface area contributed by atoms with Gasteiger partial charge in [-0.15, -0.1) is 0 Å². The molecule has 0 saturated heterocycles. The van der Waals surface area contributed by atoms with Crippen molar-refractivity contribution in [2.75, 3.05) is 0 Å². The molecule has 4 nitrogen and oxygen atoms in total. The Hall–Kier alpha value is -1.32. The first-order chi connectivity index (χ1) is 8.19. The number of carbonyl (C=O) groups is 1. The van der Waals surface area contributed by atoms with E-state index in [0.29, 0.717) is 6.54 Å². The standard InChI is InChI=1S/C13H22N2O2/c1-3-5-6-12-14(8-4-2)10-11-15(12)9-7-13(16)17/h10-11H,3-9H2,1-2H3. The van der Waals surface area contributed by atoms with Gasteiger partial charge in [-0.3, -0.25) is 0 Å². The topological polar surface area (TPSA) is 48.9 Å². The maximum atomic E-state index is 10.5. The van der Waals surface area contributed by atoms with Gasteiger partial charge in [0.2, 0.25) is 0 Å². The molecule has 4 heteroatoms. The zero-order valence-electron chi connectivity index (χ0n) is 10.8. The molecule has 0 N–H and O–H groups in total. The number of nitrogens with zero attached hydrogens (tertiary/aromatic N) is 2. The molecule has 0 unspecified atom stereocenters. The second-order valence-corrected chi connectivity index (χ2v) is 4.33. The van der Waals surface area contributed by atoms with E-state index in [9.17, 15) is 9.90 Å². The Morgan fingerprint density at radius 1 is 1.41 bits per heavy atom. The predicted molar refractivity (Wildman–Crippen MR) is 63.2 cm³/mol. The van der Waals surface area contributed by atoms with Gasteiger partial charge in [0.15, 0.2) is 0 Å². The van der Waals surface area contributed by atoms with Crippen LogP contribution in [-0.2, 0) is 24.3 Å². The molecule has 1 heterocycles. The third-order valence-corrected chi connectivity index (χ3v) is 2.86. The molecule has 17 heavy (non-hydrogen) atoms. The fourth-order valence-electron chi connectivity index (χ4n) is 1.98. The fraction of sp³-hybridized carbons (Fsp3) is 0.692. The predicted octanol–water partition coefficient (Wildman–Crippen LogP) is 0.668. The van der Waals surface area contributed by atoms with Crippen molar-refractivity contribution >= 4 is 5.97 Å². The van der Waals surface area contributed by atoms with Gasteiger partial charge >= 0.3 is 0 Å². The van der Waals surface area contributed by atoms with Crippen LogP contribution in [0.4, 0.5) is 0 Å². The molecule has 0 aliphatic heterocycles. The van der Waals surface area contributed by atoms with Crippen molar-refractivity contribution in [3.8, 4) is 0 Å². The van der Waals surface area contributed by atoms with E-state index in [1.165, 1.54) is 5.82 Å². The molecule has 0 saturated carbocycles. The molecule has 0 atom stereocenters. The van der Waals surface area contributed by atoms with Gasteiger partial charge in [-0.05, 0) is 12.8 Å². The third kappa shape index (κ3) is 4.21. The minimum absolute atomic E-state index is 0.0833. The zero-order valence-corrected chi connectivity index (χ0v) is 10.8. The summed E-state index contributed by atoms with van der Waals surface area (Å²) >= 11 is 0. The van der Waals surface area contributed by atoms with Crippen molar-refractivity contribution in [3.05, 3.63) is 18.2 Å². The lowest BCUT2D eigenvalue weighted by Crippen LogP contribution is -2.37. The minimum atomic E-state index is -0.984.